The predicted molar refractivity (Wildman–Crippen MR) is 69.9 cm³/mol. The van der Waals surface area contributed by atoms with Crippen molar-refractivity contribution in [3.05, 3.63) is 0 Å². The zero-order valence-electron chi connectivity index (χ0n) is 10.6. The molecule has 1 heterocycles. The summed E-state index contributed by atoms with van der Waals surface area (Å²) in [5.41, 5.74) is 0. The van der Waals surface area contributed by atoms with Gasteiger partial charge in [-0.25, -0.2) is 0 Å². The van der Waals surface area contributed by atoms with Gasteiger partial charge in [0.1, 0.15) is 0 Å². The average molecular weight is 249 g/mol. The van der Waals surface area contributed by atoms with Crippen LogP contribution in [0.3, 0.4) is 0 Å². The third kappa shape index (κ3) is 5.17. The molecule has 0 bridgehead atoms. The van der Waals surface area contributed by atoms with Crippen molar-refractivity contribution in [3.8, 4) is 0 Å². The maximum absolute atomic E-state index is 11.8. The lowest BCUT2D eigenvalue weighted by molar-refractivity contribution is -0.125. The summed E-state index contributed by atoms with van der Waals surface area (Å²) in [4.78, 5) is 11.8. The third-order valence-corrected chi connectivity index (χ3v) is 3.27. The fourth-order valence-electron chi connectivity index (χ4n) is 2.07. The van der Waals surface area contributed by atoms with Crippen LogP contribution in [0.4, 0.5) is 0 Å². The van der Waals surface area contributed by atoms with Gasteiger partial charge in [0, 0.05) is 12.6 Å². The van der Waals surface area contributed by atoms with Crippen molar-refractivity contribution in [2.24, 2.45) is 11.8 Å². The van der Waals surface area contributed by atoms with E-state index in [1.54, 1.807) is 0 Å². The second-order valence-electron chi connectivity index (χ2n) is 4.85. The number of halogens is 1. The highest BCUT2D eigenvalue weighted by atomic mass is 35.5. The first-order valence-electron chi connectivity index (χ1n) is 6.14. The van der Waals surface area contributed by atoms with Crippen LogP contribution in [0.25, 0.3) is 0 Å². The summed E-state index contributed by atoms with van der Waals surface area (Å²) >= 11 is 0. The average Bonchev–Trinajstić information content (AvgIpc) is 2.70. The molecule has 0 aromatic carbocycles. The molecule has 2 N–H and O–H groups in total. The zero-order chi connectivity index (χ0) is 11.3. The molecule has 3 atom stereocenters. The fourth-order valence-corrected chi connectivity index (χ4v) is 2.07. The minimum atomic E-state index is 0. The van der Waals surface area contributed by atoms with Gasteiger partial charge in [-0.15, -0.1) is 12.4 Å². The molecule has 0 spiro atoms. The molecule has 1 amide bonds. The molecule has 3 nitrogen and oxygen atoms in total. The van der Waals surface area contributed by atoms with Gasteiger partial charge in [-0.05, 0) is 32.2 Å². The maximum atomic E-state index is 11.8. The van der Waals surface area contributed by atoms with Gasteiger partial charge in [0.05, 0.1) is 5.92 Å². The van der Waals surface area contributed by atoms with Crippen molar-refractivity contribution in [2.45, 2.75) is 46.1 Å². The lowest BCUT2D eigenvalue weighted by Crippen LogP contribution is -2.38. The summed E-state index contributed by atoms with van der Waals surface area (Å²) in [6.45, 7) is 8.37. The number of carbonyl (C=O) groups excluding carboxylic acids is 1. The minimum absolute atomic E-state index is 0. The largest absolute Gasteiger partial charge is 0.353 e. The summed E-state index contributed by atoms with van der Waals surface area (Å²) < 4.78 is 0. The van der Waals surface area contributed by atoms with Crippen molar-refractivity contribution in [1.82, 2.24) is 10.6 Å². The molecular weight excluding hydrogens is 224 g/mol. The molecule has 0 saturated carbocycles. The Morgan fingerprint density at radius 1 is 1.50 bits per heavy atom. The van der Waals surface area contributed by atoms with Gasteiger partial charge in [0.2, 0.25) is 5.91 Å². The Bertz CT molecular complexity index is 205. The number of carbonyl (C=O) groups is 1. The molecule has 4 heteroatoms. The van der Waals surface area contributed by atoms with E-state index in [9.17, 15) is 4.79 Å². The van der Waals surface area contributed by atoms with Crippen molar-refractivity contribution >= 4 is 18.3 Å². The van der Waals surface area contributed by atoms with E-state index in [0.29, 0.717) is 12.0 Å². The number of nitrogens with one attached hydrogen (secondary N) is 2. The minimum Gasteiger partial charge on any atom is -0.353 e. The standard InChI is InChI=1S/C12H24N2O.ClH/c1-4-9(2)7-10(3)14-12(15)11-5-6-13-8-11;/h9-11,13H,4-8H2,1-3H3,(H,14,15);1H. The highest BCUT2D eigenvalue weighted by molar-refractivity contribution is 5.85. The number of amides is 1. The molecule has 1 aliphatic rings. The smallest absolute Gasteiger partial charge is 0.224 e. The summed E-state index contributed by atoms with van der Waals surface area (Å²) in [7, 11) is 0. The first kappa shape index (κ1) is 15.7. The quantitative estimate of drug-likeness (QED) is 0.781. The first-order chi connectivity index (χ1) is 7.13. The van der Waals surface area contributed by atoms with Crippen LogP contribution in [0.5, 0.6) is 0 Å². The SMILES string of the molecule is CCC(C)CC(C)NC(=O)C1CCNC1.Cl. The molecule has 1 rings (SSSR count). The first-order valence-corrected chi connectivity index (χ1v) is 6.14. The van der Waals surface area contributed by atoms with E-state index in [0.717, 1.165) is 25.9 Å². The highest BCUT2D eigenvalue weighted by Gasteiger charge is 2.23. The predicted octanol–water partition coefficient (Wildman–Crippen LogP) is 1.96. The van der Waals surface area contributed by atoms with E-state index >= 15 is 0 Å². The Morgan fingerprint density at radius 2 is 2.19 bits per heavy atom. The Labute approximate surface area is 105 Å². The van der Waals surface area contributed by atoms with Gasteiger partial charge < -0.3 is 10.6 Å². The molecule has 0 aliphatic carbocycles. The summed E-state index contributed by atoms with van der Waals surface area (Å²) in [5.74, 6) is 1.13. The van der Waals surface area contributed by atoms with Crippen LogP contribution in [0.2, 0.25) is 0 Å². The normalized spacial score (nSPS) is 23.3. The molecule has 16 heavy (non-hydrogen) atoms. The number of rotatable bonds is 5. The van der Waals surface area contributed by atoms with Crippen molar-refractivity contribution in [1.29, 1.82) is 0 Å². The molecule has 3 unspecified atom stereocenters. The lowest BCUT2D eigenvalue weighted by Gasteiger charge is -2.19. The molecule has 96 valence electrons. The van der Waals surface area contributed by atoms with Gasteiger partial charge >= 0.3 is 0 Å². The molecule has 0 aromatic rings. The van der Waals surface area contributed by atoms with Crippen LogP contribution >= 0.6 is 12.4 Å². The Morgan fingerprint density at radius 3 is 2.69 bits per heavy atom. The van der Waals surface area contributed by atoms with Crippen LogP contribution < -0.4 is 10.6 Å². The van der Waals surface area contributed by atoms with E-state index in [1.165, 1.54) is 6.42 Å². The number of hydrogen-bond donors (Lipinski definition) is 2. The molecule has 1 fully saturated rings. The summed E-state index contributed by atoms with van der Waals surface area (Å²) in [6, 6.07) is 0.313. The topological polar surface area (TPSA) is 41.1 Å². The van der Waals surface area contributed by atoms with E-state index in [4.69, 9.17) is 0 Å². The van der Waals surface area contributed by atoms with Gasteiger partial charge in [-0.3, -0.25) is 4.79 Å². The lowest BCUT2D eigenvalue weighted by atomic mass is 9.99. The van der Waals surface area contributed by atoms with E-state index in [2.05, 4.69) is 31.4 Å². The Hall–Kier alpha value is -0.280. The van der Waals surface area contributed by atoms with Crippen molar-refractivity contribution < 1.29 is 4.79 Å². The molecule has 0 aromatic heterocycles. The fraction of sp³-hybridized carbons (Fsp3) is 0.917. The van der Waals surface area contributed by atoms with E-state index < -0.39 is 0 Å². The Kier molecular flexibility index (Phi) is 7.77. The summed E-state index contributed by atoms with van der Waals surface area (Å²) in [6.07, 6.45) is 3.26. The maximum Gasteiger partial charge on any atom is 0.224 e. The molecule has 1 saturated heterocycles. The van der Waals surface area contributed by atoms with Gasteiger partial charge in [-0.1, -0.05) is 20.3 Å². The molecule has 1 aliphatic heterocycles. The van der Waals surface area contributed by atoms with Crippen LogP contribution in [0.15, 0.2) is 0 Å². The molecular formula is C12H25ClN2O. The van der Waals surface area contributed by atoms with Crippen LogP contribution in [-0.4, -0.2) is 25.0 Å². The second-order valence-corrected chi connectivity index (χ2v) is 4.85. The van der Waals surface area contributed by atoms with E-state index in [-0.39, 0.29) is 24.2 Å². The molecule has 0 radical (unpaired) electrons. The summed E-state index contributed by atoms with van der Waals surface area (Å²) in [5, 5.41) is 6.33. The zero-order valence-corrected chi connectivity index (χ0v) is 11.4. The van der Waals surface area contributed by atoms with Crippen molar-refractivity contribution in [3.63, 3.8) is 0 Å². The Balaban J connectivity index is 0.00000225. The van der Waals surface area contributed by atoms with Crippen molar-refractivity contribution in [2.75, 3.05) is 13.1 Å². The monoisotopic (exact) mass is 248 g/mol. The van der Waals surface area contributed by atoms with Crippen LogP contribution in [-0.2, 0) is 4.79 Å². The van der Waals surface area contributed by atoms with Gasteiger partial charge in [0.25, 0.3) is 0 Å². The van der Waals surface area contributed by atoms with Gasteiger partial charge in [0.15, 0.2) is 0 Å². The third-order valence-electron chi connectivity index (χ3n) is 3.27. The highest BCUT2D eigenvalue weighted by Crippen LogP contribution is 2.12. The van der Waals surface area contributed by atoms with Crippen LogP contribution in [0, 0.1) is 11.8 Å². The van der Waals surface area contributed by atoms with Crippen LogP contribution in [0.1, 0.15) is 40.0 Å². The second kappa shape index (κ2) is 7.91. The van der Waals surface area contributed by atoms with E-state index in [1.807, 2.05) is 0 Å². The van der Waals surface area contributed by atoms with Gasteiger partial charge in [-0.2, -0.15) is 0 Å². The number of hydrogen-bond acceptors (Lipinski definition) is 2.